The van der Waals surface area contributed by atoms with Crippen molar-refractivity contribution in [3.63, 3.8) is 0 Å². The topological polar surface area (TPSA) is 92.4 Å². The molecule has 20 heavy (non-hydrogen) atoms. The summed E-state index contributed by atoms with van der Waals surface area (Å²) < 4.78 is 0. The van der Waals surface area contributed by atoms with Crippen LogP contribution in [0.15, 0.2) is 30.3 Å². The van der Waals surface area contributed by atoms with Crippen LogP contribution in [0.1, 0.15) is 31.2 Å². The van der Waals surface area contributed by atoms with Gasteiger partial charge in [0.1, 0.15) is 6.04 Å². The van der Waals surface area contributed by atoms with Crippen LogP contribution in [0.5, 0.6) is 0 Å². The maximum absolute atomic E-state index is 11.7. The number of unbranched alkanes of at least 4 members (excludes halogenated alkanes) is 2. The summed E-state index contributed by atoms with van der Waals surface area (Å²) in [6.45, 7) is 0.618. The summed E-state index contributed by atoms with van der Waals surface area (Å²) in [6, 6.07) is 8.40. The van der Waals surface area contributed by atoms with Gasteiger partial charge in [0.15, 0.2) is 0 Å². The van der Waals surface area contributed by atoms with E-state index in [1.807, 2.05) is 30.3 Å². The van der Waals surface area contributed by atoms with Crippen molar-refractivity contribution in [3.05, 3.63) is 35.9 Å². The lowest BCUT2D eigenvalue weighted by Crippen LogP contribution is -2.42. The van der Waals surface area contributed by atoms with Gasteiger partial charge in [0, 0.05) is 12.8 Å². The summed E-state index contributed by atoms with van der Waals surface area (Å²) in [5, 5.41) is 11.7. The zero-order valence-corrected chi connectivity index (χ0v) is 11.5. The van der Waals surface area contributed by atoms with E-state index in [1.165, 1.54) is 0 Å². The summed E-state index contributed by atoms with van der Waals surface area (Å²) in [7, 11) is 0. The first-order valence-corrected chi connectivity index (χ1v) is 6.89. The van der Waals surface area contributed by atoms with E-state index in [1.54, 1.807) is 0 Å². The Balaban J connectivity index is 2.43. The zero-order chi connectivity index (χ0) is 14.8. The van der Waals surface area contributed by atoms with Crippen LogP contribution in [0.3, 0.4) is 0 Å². The number of benzene rings is 1. The number of nitrogens with two attached hydrogens (primary N) is 1. The Bertz CT molecular complexity index is 420. The third-order valence-corrected chi connectivity index (χ3v) is 3.02. The van der Waals surface area contributed by atoms with E-state index < -0.39 is 12.0 Å². The molecule has 1 aromatic rings. The molecule has 1 rings (SSSR count). The van der Waals surface area contributed by atoms with Crippen LogP contribution in [-0.4, -0.2) is 29.6 Å². The first-order valence-electron chi connectivity index (χ1n) is 6.89. The summed E-state index contributed by atoms with van der Waals surface area (Å²) in [5.74, 6) is -1.23. The number of nitrogens with one attached hydrogen (secondary N) is 1. The fourth-order valence-corrected chi connectivity index (χ4v) is 1.92. The maximum Gasteiger partial charge on any atom is 0.326 e. The molecule has 0 saturated heterocycles. The van der Waals surface area contributed by atoms with E-state index in [-0.39, 0.29) is 5.91 Å². The van der Waals surface area contributed by atoms with Crippen molar-refractivity contribution in [3.8, 4) is 0 Å². The Kier molecular flexibility index (Phi) is 7.35. The zero-order valence-electron chi connectivity index (χ0n) is 11.5. The van der Waals surface area contributed by atoms with Crippen molar-refractivity contribution in [1.29, 1.82) is 0 Å². The molecular weight excluding hydrogens is 256 g/mol. The van der Waals surface area contributed by atoms with Gasteiger partial charge in [-0.25, -0.2) is 4.79 Å². The Morgan fingerprint density at radius 2 is 1.85 bits per heavy atom. The Labute approximate surface area is 119 Å². The van der Waals surface area contributed by atoms with Gasteiger partial charge in [0.25, 0.3) is 0 Å². The van der Waals surface area contributed by atoms with Gasteiger partial charge in [0.2, 0.25) is 5.91 Å². The van der Waals surface area contributed by atoms with Crippen LogP contribution in [0.25, 0.3) is 0 Å². The molecule has 0 fully saturated rings. The van der Waals surface area contributed by atoms with Crippen molar-refractivity contribution in [1.82, 2.24) is 5.32 Å². The molecule has 0 heterocycles. The maximum atomic E-state index is 11.7. The Morgan fingerprint density at radius 1 is 1.15 bits per heavy atom. The molecule has 0 spiro atoms. The highest BCUT2D eigenvalue weighted by atomic mass is 16.4. The highest BCUT2D eigenvalue weighted by Gasteiger charge is 2.19. The summed E-state index contributed by atoms with van der Waals surface area (Å²) in [6.07, 6.45) is 3.16. The smallest absolute Gasteiger partial charge is 0.326 e. The number of carbonyl (C=O) groups is 2. The third-order valence-electron chi connectivity index (χ3n) is 3.02. The van der Waals surface area contributed by atoms with Gasteiger partial charge in [-0.1, -0.05) is 36.8 Å². The lowest BCUT2D eigenvalue weighted by Gasteiger charge is -2.14. The molecule has 110 valence electrons. The number of rotatable bonds is 9. The summed E-state index contributed by atoms with van der Waals surface area (Å²) in [4.78, 5) is 22.9. The van der Waals surface area contributed by atoms with E-state index >= 15 is 0 Å². The van der Waals surface area contributed by atoms with Crippen molar-refractivity contribution in [2.45, 2.75) is 38.1 Å². The average molecular weight is 278 g/mol. The Hall–Kier alpha value is -1.88. The normalized spacial score (nSPS) is 11.8. The second-order valence-electron chi connectivity index (χ2n) is 4.75. The van der Waals surface area contributed by atoms with Crippen LogP contribution in [0, 0.1) is 0 Å². The standard InChI is InChI=1S/C15H22N2O3/c16-10-6-2-5-9-14(18)17-13(15(19)20)11-12-7-3-1-4-8-12/h1,3-4,7-8,13H,2,5-6,9-11,16H2,(H,17,18)(H,19,20). The lowest BCUT2D eigenvalue weighted by molar-refractivity contribution is -0.141. The minimum absolute atomic E-state index is 0.217. The SMILES string of the molecule is NCCCCCC(=O)NC(Cc1ccccc1)C(=O)O. The highest BCUT2D eigenvalue weighted by Crippen LogP contribution is 2.05. The van der Waals surface area contributed by atoms with Crippen LogP contribution in [-0.2, 0) is 16.0 Å². The molecule has 1 aromatic carbocycles. The van der Waals surface area contributed by atoms with Crippen molar-refractivity contribution < 1.29 is 14.7 Å². The number of carboxylic acid groups (broad SMARTS) is 1. The van der Waals surface area contributed by atoms with Gasteiger partial charge in [-0.2, -0.15) is 0 Å². The molecule has 4 N–H and O–H groups in total. The molecule has 0 radical (unpaired) electrons. The van der Waals surface area contributed by atoms with Gasteiger partial charge in [-0.3, -0.25) is 4.79 Å². The molecule has 0 bridgehead atoms. The molecule has 5 heteroatoms. The Morgan fingerprint density at radius 3 is 2.45 bits per heavy atom. The summed E-state index contributed by atoms with van der Waals surface area (Å²) >= 11 is 0. The van der Waals surface area contributed by atoms with E-state index in [9.17, 15) is 9.59 Å². The molecule has 0 aliphatic heterocycles. The second kappa shape index (κ2) is 9.09. The van der Waals surface area contributed by atoms with E-state index in [0.717, 1.165) is 24.8 Å². The van der Waals surface area contributed by atoms with E-state index in [0.29, 0.717) is 19.4 Å². The third kappa shape index (κ3) is 6.33. The summed E-state index contributed by atoms with van der Waals surface area (Å²) in [5.41, 5.74) is 6.27. The molecule has 5 nitrogen and oxygen atoms in total. The predicted molar refractivity (Wildman–Crippen MR) is 77.2 cm³/mol. The number of amides is 1. The molecular formula is C15H22N2O3. The van der Waals surface area contributed by atoms with Crippen molar-refractivity contribution in [2.24, 2.45) is 5.73 Å². The van der Waals surface area contributed by atoms with E-state index in [4.69, 9.17) is 10.8 Å². The first kappa shape index (κ1) is 16.2. The second-order valence-corrected chi connectivity index (χ2v) is 4.75. The molecule has 1 atom stereocenters. The van der Waals surface area contributed by atoms with Gasteiger partial charge in [0.05, 0.1) is 0 Å². The van der Waals surface area contributed by atoms with E-state index in [2.05, 4.69) is 5.32 Å². The van der Waals surface area contributed by atoms with Crippen molar-refractivity contribution in [2.75, 3.05) is 6.54 Å². The van der Waals surface area contributed by atoms with Crippen LogP contribution in [0.2, 0.25) is 0 Å². The van der Waals surface area contributed by atoms with Gasteiger partial charge in [-0.05, 0) is 24.9 Å². The fourth-order valence-electron chi connectivity index (χ4n) is 1.92. The first-order chi connectivity index (χ1) is 9.63. The molecule has 1 unspecified atom stereocenters. The van der Waals surface area contributed by atoms with Crippen LogP contribution >= 0.6 is 0 Å². The predicted octanol–water partition coefficient (Wildman–Crippen LogP) is 1.32. The number of aliphatic carboxylic acids is 1. The number of hydrogen-bond donors (Lipinski definition) is 3. The largest absolute Gasteiger partial charge is 0.480 e. The number of carboxylic acids is 1. The fraction of sp³-hybridized carbons (Fsp3) is 0.467. The lowest BCUT2D eigenvalue weighted by atomic mass is 10.1. The van der Waals surface area contributed by atoms with Crippen molar-refractivity contribution >= 4 is 11.9 Å². The quantitative estimate of drug-likeness (QED) is 0.594. The molecule has 0 aliphatic rings. The van der Waals surface area contributed by atoms with Crippen LogP contribution in [0.4, 0.5) is 0 Å². The average Bonchev–Trinajstić information content (AvgIpc) is 2.44. The van der Waals surface area contributed by atoms with Gasteiger partial charge < -0.3 is 16.2 Å². The van der Waals surface area contributed by atoms with Gasteiger partial charge in [-0.15, -0.1) is 0 Å². The number of hydrogen-bond acceptors (Lipinski definition) is 3. The molecule has 1 amide bonds. The van der Waals surface area contributed by atoms with Crippen LogP contribution < -0.4 is 11.1 Å². The molecule has 0 aromatic heterocycles. The monoisotopic (exact) mass is 278 g/mol. The molecule has 0 saturated carbocycles. The highest BCUT2D eigenvalue weighted by molar-refractivity contribution is 5.83. The molecule has 0 aliphatic carbocycles. The van der Waals surface area contributed by atoms with Gasteiger partial charge >= 0.3 is 5.97 Å². The minimum atomic E-state index is -1.01. The minimum Gasteiger partial charge on any atom is -0.480 e. The number of carbonyl (C=O) groups excluding carboxylic acids is 1.